The summed E-state index contributed by atoms with van der Waals surface area (Å²) in [5.41, 5.74) is -1.26. The molecule has 0 aliphatic heterocycles. The Morgan fingerprint density at radius 3 is 2.21 bits per heavy atom. The van der Waals surface area contributed by atoms with E-state index in [1.807, 2.05) is 0 Å². The number of alkyl halides is 6. The molecule has 0 radical (unpaired) electrons. The van der Waals surface area contributed by atoms with Gasteiger partial charge in [-0.05, 0) is 31.9 Å². The summed E-state index contributed by atoms with van der Waals surface area (Å²) in [6.07, 6.45) is -9.23. The minimum Gasteiger partial charge on any atom is -0.374 e. The van der Waals surface area contributed by atoms with Crippen LogP contribution in [-0.4, -0.2) is 25.1 Å². The predicted octanol–water partition coefficient (Wildman–Crippen LogP) is 4.41. The van der Waals surface area contributed by atoms with Crippen LogP contribution in [0.25, 0.3) is 0 Å². The average molecular weight is 288 g/mol. The highest BCUT2D eigenvalue weighted by molar-refractivity contribution is 5.32. The zero-order valence-corrected chi connectivity index (χ0v) is 10.4. The van der Waals surface area contributed by atoms with Crippen LogP contribution in [0.4, 0.5) is 26.3 Å². The van der Waals surface area contributed by atoms with E-state index in [2.05, 4.69) is 0 Å². The maximum Gasteiger partial charge on any atom is 0.412 e. The van der Waals surface area contributed by atoms with Gasteiger partial charge in [0.1, 0.15) is 0 Å². The van der Waals surface area contributed by atoms with Crippen LogP contribution < -0.4 is 0 Å². The van der Waals surface area contributed by atoms with E-state index in [1.165, 1.54) is 0 Å². The summed E-state index contributed by atoms with van der Waals surface area (Å²) < 4.78 is 80.6. The Bertz CT molecular complexity index is 375. The van der Waals surface area contributed by atoms with Crippen molar-refractivity contribution >= 4 is 0 Å². The summed E-state index contributed by atoms with van der Waals surface area (Å²) in [6.45, 7) is 3.04. The number of ether oxygens (including phenoxy) is 1. The molecule has 19 heavy (non-hydrogen) atoms. The van der Waals surface area contributed by atoms with Gasteiger partial charge in [-0.3, -0.25) is 0 Å². The van der Waals surface area contributed by atoms with Crippen molar-refractivity contribution in [3.8, 4) is 0 Å². The van der Waals surface area contributed by atoms with E-state index < -0.39 is 30.3 Å². The van der Waals surface area contributed by atoms with Gasteiger partial charge < -0.3 is 4.74 Å². The molecule has 0 saturated carbocycles. The summed E-state index contributed by atoms with van der Waals surface area (Å²) in [4.78, 5) is 0. The standard InChI is InChI=1S/C12H14F6O/c1-7(2)19-6-8-3-9(11(13,14)15)5-10(4-8)12(16,17)18/h3-4,7,9H,5-6H2,1-2H3/t9-/m1/s1. The van der Waals surface area contributed by atoms with Crippen molar-refractivity contribution in [1.82, 2.24) is 0 Å². The summed E-state index contributed by atoms with van der Waals surface area (Å²) in [5.74, 6) is -2.11. The van der Waals surface area contributed by atoms with E-state index in [1.54, 1.807) is 13.8 Å². The molecule has 0 aromatic carbocycles. The lowest BCUT2D eigenvalue weighted by Gasteiger charge is -2.25. The topological polar surface area (TPSA) is 9.23 Å². The molecule has 110 valence electrons. The fraction of sp³-hybridized carbons (Fsp3) is 0.667. The van der Waals surface area contributed by atoms with Crippen LogP contribution in [0, 0.1) is 5.92 Å². The Labute approximate surface area is 106 Å². The molecular weight excluding hydrogens is 274 g/mol. The first-order chi connectivity index (χ1) is 8.50. The van der Waals surface area contributed by atoms with E-state index in [-0.39, 0.29) is 18.3 Å². The Balaban J connectivity index is 2.95. The molecule has 1 aliphatic rings. The van der Waals surface area contributed by atoms with Crippen LogP contribution in [0.3, 0.4) is 0 Å². The largest absolute Gasteiger partial charge is 0.412 e. The molecule has 0 spiro atoms. The second kappa shape index (κ2) is 5.56. The van der Waals surface area contributed by atoms with Crippen molar-refractivity contribution in [3.63, 3.8) is 0 Å². The third kappa shape index (κ3) is 4.89. The lowest BCUT2D eigenvalue weighted by atomic mass is 9.89. The van der Waals surface area contributed by atoms with Crippen LogP contribution in [0.5, 0.6) is 0 Å². The average Bonchev–Trinajstić information content (AvgIpc) is 2.23. The SMILES string of the molecule is CC(C)OCC1=C[C@@H](C(F)(F)F)CC(C(F)(F)F)=C1. The van der Waals surface area contributed by atoms with Gasteiger partial charge in [0, 0.05) is 5.57 Å². The quantitative estimate of drug-likeness (QED) is 0.699. The molecule has 1 nitrogen and oxygen atoms in total. The molecule has 0 aromatic heterocycles. The summed E-state index contributed by atoms with van der Waals surface area (Å²) >= 11 is 0. The van der Waals surface area contributed by atoms with Crippen molar-refractivity contribution in [3.05, 3.63) is 23.3 Å². The normalized spacial score (nSPS) is 21.4. The lowest BCUT2D eigenvalue weighted by Crippen LogP contribution is -2.28. The smallest absolute Gasteiger partial charge is 0.374 e. The first kappa shape index (κ1) is 16.1. The summed E-state index contributed by atoms with van der Waals surface area (Å²) in [6, 6.07) is 0. The fourth-order valence-corrected chi connectivity index (χ4v) is 1.65. The van der Waals surface area contributed by atoms with Gasteiger partial charge in [0.15, 0.2) is 0 Å². The molecule has 0 saturated heterocycles. The Morgan fingerprint density at radius 1 is 1.21 bits per heavy atom. The molecule has 1 aliphatic carbocycles. The first-order valence-electron chi connectivity index (χ1n) is 5.67. The summed E-state index contributed by atoms with van der Waals surface area (Å²) in [5, 5.41) is 0. The van der Waals surface area contributed by atoms with Crippen LogP contribution in [0.1, 0.15) is 20.3 Å². The van der Waals surface area contributed by atoms with Gasteiger partial charge >= 0.3 is 12.4 Å². The third-order valence-corrected chi connectivity index (χ3v) is 2.58. The minimum atomic E-state index is -4.75. The zero-order chi connectivity index (χ0) is 14.8. The fourth-order valence-electron chi connectivity index (χ4n) is 1.65. The molecule has 1 rings (SSSR count). The van der Waals surface area contributed by atoms with E-state index in [4.69, 9.17) is 4.74 Å². The maximum absolute atomic E-state index is 12.6. The molecule has 0 unspecified atom stereocenters. The van der Waals surface area contributed by atoms with E-state index in [9.17, 15) is 26.3 Å². The van der Waals surface area contributed by atoms with Crippen molar-refractivity contribution in [2.45, 2.75) is 38.7 Å². The Kier molecular flexibility index (Phi) is 4.71. The molecule has 7 heteroatoms. The van der Waals surface area contributed by atoms with Gasteiger partial charge in [0.25, 0.3) is 0 Å². The van der Waals surface area contributed by atoms with Crippen molar-refractivity contribution in [1.29, 1.82) is 0 Å². The monoisotopic (exact) mass is 288 g/mol. The highest BCUT2D eigenvalue weighted by Crippen LogP contribution is 2.41. The molecule has 1 atom stereocenters. The number of allylic oxidation sites excluding steroid dienone is 2. The van der Waals surface area contributed by atoms with Gasteiger partial charge in [0.2, 0.25) is 0 Å². The van der Waals surface area contributed by atoms with Crippen LogP contribution in [-0.2, 0) is 4.74 Å². The van der Waals surface area contributed by atoms with Gasteiger partial charge in [-0.25, -0.2) is 0 Å². The maximum atomic E-state index is 12.6. The lowest BCUT2D eigenvalue weighted by molar-refractivity contribution is -0.166. The highest BCUT2D eigenvalue weighted by atomic mass is 19.4. The van der Waals surface area contributed by atoms with Crippen molar-refractivity contribution in [2.24, 2.45) is 5.92 Å². The Morgan fingerprint density at radius 2 is 1.79 bits per heavy atom. The van der Waals surface area contributed by atoms with E-state index >= 15 is 0 Å². The number of hydrogen-bond donors (Lipinski definition) is 0. The molecule has 0 bridgehead atoms. The van der Waals surface area contributed by atoms with Gasteiger partial charge in [-0.15, -0.1) is 0 Å². The number of halogens is 6. The Hall–Kier alpha value is -0.980. The van der Waals surface area contributed by atoms with Crippen LogP contribution in [0.15, 0.2) is 23.3 Å². The van der Waals surface area contributed by atoms with Crippen molar-refractivity contribution < 1.29 is 31.1 Å². The first-order valence-corrected chi connectivity index (χ1v) is 5.67. The molecule has 0 amide bonds. The van der Waals surface area contributed by atoms with Gasteiger partial charge in [-0.1, -0.05) is 6.08 Å². The molecule has 0 aromatic rings. The van der Waals surface area contributed by atoms with E-state index in [0.717, 1.165) is 12.2 Å². The van der Waals surface area contributed by atoms with Crippen molar-refractivity contribution in [2.75, 3.05) is 6.61 Å². The van der Waals surface area contributed by atoms with E-state index in [0.29, 0.717) is 0 Å². The second-order valence-corrected chi connectivity index (χ2v) is 4.62. The molecule has 0 N–H and O–H groups in total. The third-order valence-electron chi connectivity index (χ3n) is 2.58. The predicted molar refractivity (Wildman–Crippen MR) is 57.5 cm³/mol. The van der Waals surface area contributed by atoms with Crippen LogP contribution in [0.2, 0.25) is 0 Å². The molecule has 0 fully saturated rings. The number of hydrogen-bond acceptors (Lipinski definition) is 1. The zero-order valence-electron chi connectivity index (χ0n) is 10.4. The minimum absolute atomic E-state index is 0.0883. The highest BCUT2D eigenvalue weighted by Gasteiger charge is 2.45. The second-order valence-electron chi connectivity index (χ2n) is 4.62. The van der Waals surface area contributed by atoms with Crippen LogP contribution >= 0.6 is 0 Å². The molecular formula is C12H14F6O. The molecule has 0 heterocycles. The number of rotatable bonds is 3. The van der Waals surface area contributed by atoms with Gasteiger partial charge in [-0.2, -0.15) is 26.3 Å². The van der Waals surface area contributed by atoms with Gasteiger partial charge in [0.05, 0.1) is 18.6 Å². The summed E-state index contributed by atoms with van der Waals surface area (Å²) in [7, 11) is 0.